The fraction of sp³-hybridized carbons (Fsp3) is 0.842. The molecule has 1 amide bonds. The van der Waals surface area contributed by atoms with E-state index in [-0.39, 0.29) is 6.09 Å². The molecule has 0 radical (unpaired) electrons. The normalized spacial score (nSPS) is 29.2. The molecule has 1 N–H and O–H groups in total. The summed E-state index contributed by atoms with van der Waals surface area (Å²) in [7, 11) is 0. The number of hydrogen-bond acceptors (Lipinski definition) is 3. The fourth-order valence-corrected chi connectivity index (χ4v) is 3.75. The molecule has 0 spiro atoms. The van der Waals surface area contributed by atoms with E-state index >= 15 is 0 Å². The van der Waals surface area contributed by atoms with Gasteiger partial charge in [0.05, 0.1) is 0 Å². The third-order valence-corrected chi connectivity index (χ3v) is 4.75. The van der Waals surface area contributed by atoms with Gasteiger partial charge in [0.1, 0.15) is 5.60 Å². The lowest BCUT2D eigenvalue weighted by Crippen LogP contribution is -2.41. The van der Waals surface area contributed by atoms with Crippen molar-refractivity contribution in [2.24, 2.45) is 11.8 Å². The fourth-order valence-electron chi connectivity index (χ4n) is 3.75. The number of ether oxygens (including phenoxy) is 1. The van der Waals surface area contributed by atoms with Crippen molar-refractivity contribution in [3.63, 3.8) is 0 Å². The minimum absolute atomic E-state index is 0.198. The summed E-state index contributed by atoms with van der Waals surface area (Å²) in [4.78, 5) is 13.8. The monoisotopic (exact) mass is 322 g/mol. The SMILES string of the molecule is CC1CC(C)CC(NCC2=CCN(C(=O)OC(C)(C)C)CC2)C1. The Morgan fingerprint density at radius 2 is 1.91 bits per heavy atom. The van der Waals surface area contributed by atoms with Gasteiger partial charge in [-0.05, 0) is 58.3 Å². The van der Waals surface area contributed by atoms with Crippen molar-refractivity contribution in [2.45, 2.75) is 71.9 Å². The minimum Gasteiger partial charge on any atom is -0.444 e. The largest absolute Gasteiger partial charge is 0.444 e. The van der Waals surface area contributed by atoms with E-state index in [0.29, 0.717) is 12.6 Å². The first-order valence-electron chi connectivity index (χ1n) is 9.12. The number of carbonyl (C=O) groups excluding carboxylic acids is 1. The zero-order valence-electron chi connectivity index (χ0n) is 15.5. The van der Waals surface area contributed by atoms with Crippen LogP contribution in [0, 0.1) is 11.8 Å². The van der Waals surface area contributed by atoms with Crippen molar-refractivity contribution in [3.05, 3.63) is 11.6 Å². The second-order valence-electron chi connectivity index (χ2n) is 8.53. The molecule has 0 aromatic heterocycles. The van der Waals surface area contributed by atoms with Crippen LogP contribution in [0.25, 0.3) is 0 Å². The molecule has 2 atom stereocenters. The third-order valence-electron chi connectivity index (χ3n) is 4.75. The first kappa shape index (κ1) is 18.3. The molecule has 0 saturated heterocycles. The van der Waals surface area contributed by atoms with Crippen LogP contribution in [0.5, 0.6) is 0 Å². The van der Waals surface area contributed by atoms with Crippen molar-refractivity contribution in [2.75, 3.05) is 19.6 Å². The van der Waals surface area contributed by atoms with Gasteiger partial charge in [-0.1, -0.05) is 25.5 Å². The Kier molecular flexibility index (Phi) is 6.12. The minimum atomic E-state index is -0.420. The highest BCUT2D eigenvalue weighted by Crippen LogP contribution is 2.28. The van der Waals surface area contributed by atoms with E-state index in [1.807, 2.05) is 20.8 Å². The molecule has 1 heterocycles. The van der Waals surface area contributed by atoms with E-state index in [1.54, 1.807) is 4.90 Å². The summed E-state index contributed by atoms with van der Waals surface area (Å²) in [5, 5.41) is 3.73. The number of nitrogens with zero attached hydrogens (tertiary/aromatic N) is 1. The van der Waals surface area contributed by atoms with Gasteiger partial charge in [0.25, 0.3) is 0 Å². The molecule has 2 aliphatic rings. The molecule has 132 valence electrons. The Morgan fingerprint density at radius 3 is 2.43 bits per heavy atom. The molecule has 1 aliphatic heterocycles. The Labute approximate surface area is 141 Å². The molecule has 1 fully saturated rings. The maximum Gasteiger partial charge on any atom is 0.410 e. The van der Waals surface area contributed by atoms with Gasteiger partial charge in [-0.15, -0.1) is 0 Å². The van der Waals surface area contributed by atoms with Crippen LogP contribution in [-0.2, 0) is 4.74 Å². The van der Waals surface area contributed by atoms with E-state index in [0.717, 1.165) is 31.3 Å². The van der Waals surface area contributed by atoms with Gasteiger partial charge in [0.15, 0.2) is 0 Å². The molecule has 23 heavy (non-hydrogen) atoms. The molecule has 1 aliphatic carbocycles. The lowest BCUT2D eigenvalue weighted by atomic mass is 9.80. The van der Waals surface area contributed by atoms with Crippen LogP contribution in [0.15, 0.2) is 11.6 Å². The summed E-state index contributed by atoms with van der Waals surface area (Å²) < 4.78 is 5.43. The van der Waals surface area contributed by atoms with Gasteiger partial charge >= 0.3 is 6.09 Å². The quantitative estimate of drug-likeness (QED) is 0.799. The van der Waals surface area contributed by atoms with Crippen LogP contribution in [-0.4, -0.2) is 42.3 Å². The molecular weight excluding hydrogens is 288 g/mol. The highest BCUT2D eigenvalue weighted by atomic mass is 16.6. The lowest BCUT2D eigenvalue weighted by Gasteiger charge is -2.33. The van der Waals surface area contributed by atoms with E-state index in [9.17, 15) is 4.79 Å². The highest BCUT2D eigenvalue weighted by molar-refractivity contribution is 5.68. The Balaban J connectivity index is 1.75. The van der Waals surface area contributed by atoms with Gasteiger partial charge < -0.3 is 15.0 Å². The summed E-state index contributed by atoms with van der Waals surface area (Å²) in [6, 6.07) is 0.651. The average molecular weight is 322 g/mol. The molecular formula is C19H34N2O2. The Morgan fingerprint density at radius 1 is 1.26 bits per heavy atom. The van der Waals surface area contributed by atoms with E-state index < -0.39 is 5.60 Å². The van der Waals surface area contributed by atoms with Crippen molar-refractivity contribution >= 4 is 6.09 Å². The van der Waals surface area contributed by atoms with E-state index in [1.165, 1.54) is 24.8 Å². The lowest BCUT2D eigenvalue weighted by molar-refractivity contribution is 0.0265. The molecule has 2 rings (SSSR count). The van der Waals surface area contributed by atoms with Crippen molar-refractivity contribution < 1.29 is 9.53 Å². The smallest absolute Gasteiger partial charge is 0.410 e. The van der Waals surface area contributed by atoms with Gasteiger partial charge in [0, 0.05) is 25.7 Å². The van der Waals surface area contributed by atoms with Gasteiger partial charge in [0.2, 0.25) is 0 Å². The number of hydrogen-bond donors (Lipinski definition) is 1. The number of rotatable bonds is 3. The van der Waals surface area contributed by atoms with Gasteiger partial charge in [-0.25, -0.2) is 4.79 Å². The second-order valence-corrected chi connectivity index (χ2v) is 8.53. The number of nitrogens with one attached hydrogen (secondary N) is 1. The standard InChI is InChI=1S/C19H34N2O2/c1-14-10-15(2)12-17(11-14)20-13-16-6-8-21(9-7-16)18(22)23-19(3,4)5/h6,14-15,17,20H,7-13H2,1-5H3. The Hall–Kier alpha value is -1.03. The molecule has 0 aromatic rings. The van der Waals surface area contributed by atoms with Crippen LogP contribution >= 0.6 is 0 Å². The first-order valence-corrected chi connectivity index (χ1v) is 9.12. The summed E-state index contributed by atoms with van der Waals surface area (Å²) in [6.07, 6.45) is 6.89. The molecule has 0 bridgehead atoms. The van der Waals surface area contributed by atoms with Crippen LogP contribution in [0.4, 0.5) is 4.79 Å². The summed E-state index contributed by atoms with van der Waals surface area (Å²) >= 11 is 0. The van der Waals surface area contributed by atoms with E-state index in [4.69, 9.17) is 4.74 Å². The average Bonchev–Trinajstić information content (AvgIpc) is 2.43. The third kappa shape index (κ3) is 6.17. The van der Waals surface area contributed by atoms with Crippen LogP contribution in [0.3, 0.4) is 0 Å². The highest BCUT2D eigenvalue weighted by Gasteiger charge is 2.25. The van der Waals surface area contributed by atoms with Gasteiger partial charge in [-0.3, -0.25) is 0 Å². The van der Waals surface area contributed by atoms with Crippen LogP contribution in [0.1, 0.15) is 60.3 Å². The topological polar surface area (TPSA) is 41.6 Å². The maximum atomic E-state index is 12.1. The maximum absolute atomic E-state index is 12.1. The molecule has 4 nitrogen and oxygen atoms in total. The molecule has 4 heteroatoms. The van der Waals surface area contributed by atoms with Crippen molar-refractivity contribution in [3.8, 4) is 0 Å². The number of carbonyl (C=O) groups is 1. The summed E-state index contributed by atoms with van der Waals surface area (Å²) in [5.41, 5.74) is 1.01. The van der Waals surface area contributed by atoms with Crippen molar-refractivity contribution in [1.29, 1.82) is 0 Å². The van der Waals surface area contributed by atoms with Crippen LogP contribution in [0.2, 0.25) is 0 Å². The predicted molar refractivity (Wildman–Crippen MR) is 94.5 cm³/mol. The zero-order valence-corrected chi connectivity index (χ0v) is 15.5. The summed E-state index contributed by atoms with van der Waals surface area (Å²) in [5.74, 6) is 1.67. The van der Waals surface area contributed by atoms with Gasteiger partial charge in [-0.2, -0.15) is 0 Å². The van der Waals surface area contributed by atoms with E-state index in [2.05, 4.69) is 25.2 Å². The van der Waals surface area contributed by atoms with Crippen LogP contribution < -0.4 is 5.32 Å². The zero-order chi connectivity index (χ0) is 17.0. The first-order chi connectivity index (χ1) is 10.7. The predicted octanol–water partition coefficient (Wildman–Crippen LogP) is 3.97. The molecule has 2 unspecified atom stereocenters. The molecule has 1 saturated carbocycles. The summed E-state index contributed by atoms with van der Waals surface area (Å²) in [6.45, 7) is 12.9. The van der Waals surface area contributed by atoms with Crippen molar-refractivity contribution in [1.82, 2.24) is 10.2 Å². The second kappa shape index (κ2) is 7.69. The Bertz CT molecular complexity index is 429. The molecule has 0 aromatic carbocycles. The number of amides is 1.